The minimum absolute atomic E-state index is 0.570. The van der Waals surface area contributed by atoms with Crippen molar-refractivity contribution in [2.45, 2.75) is 27.1 Å². The van der Waals surface area contributed by atoms with Gasteiger partial charge in [0.1, 0.15) is 0 Å². The van der Waals surface area contributed by atoms with Gasteiger partial charge in [0, 0.05) is 5.70 Å². The van der Waals surface area contributed by atoms with Crippen LogP contribution in [0.5, 0.6) is 0 Å². The molecule has 12 heavy (non-hydrogen) atoms. The molecule has 0 aliphatic carbocycles. The lowest BCUT2D eigenvalue weighted by molar-refractivity contribution is 1.36. The van der Waals surface area contributed by atoms with Crippen LogP contribution in [0.25, 0.3) is 0 Å². The molecule has 0 aromatic carbocycles. The van der Waals surface area contributed by atoms with Gasteiger partial charge in [-0.05, 0) is 19.1 Å². The molecule has 0 rings (SSSR count). The Morgan fingerprint density at radius 1 is 1.42 bits per heavy atom. The Labute approximate surface area is 77.5 Å². The van der Waals surface area contributed by atoms with E-state index in [1.54, 1.807) is 12.2 Å². The Hall–Kier alpha value is -0.915. The highest BCUT2D eigenvalue weighted by atomic mass is 14.5. The molecule has 66 valence electrons. The highest BCUT2D eigenvalue weighted by Gasteiger charge is 1.80. The first-order chi connectivity index (χ1) is 5.70. The third kappa shape index (κ3) is 9.08. The molecule has 0 fully saturated rings. The monoisotopic (exact) mass is 163 g/mol. The molecular formula is C10H18BN. The van der Waals surface area contributed by atoms with Crippen LogP contribution in [-0.4, -0.2) is 7.85 Å². The molecule has 2 heteroatoms. The van der Waals surface area contributed by atoms with Crippen LogP contribution in [0.3, 0.4) is 0 Å². The second-order valence-corrected chi connectivity index (χ2v) is 2.09. The average Bonchev–Trinajstić information content (AvgIpc) is 2.16. The molecule has 1 nitrogen and oxygen atoms in total. The molecule has 0 aromatic heterocycles. The summed E-state index contributed by atoms with van der Waals surface area (Å²) in [7, 11) is 5.34. The van der Waals surface area contributed by atoms with Gasteiger partial charge in [-0.3, -0.25) is 0 Å². The molecular weight excluding hydrogens is 145 g/mol. The van der Waals surface area contributed by atoms with Crippen LogP contribution < -0.4 is 5.73 Å². The highest BCUT2D eigenvalue weighted by molar-refractivity contribution is 6.10. The lowest BCUT2D eigenvalue weighted by atomic mass is 9.98. The van der Waals surface area contributed by atoms with Gasteiger partial charge in [-0.1, -0.05) is 38.4 Å². The zero-order valence-electron chi connectivity index (χ0n) is 8.30. The van der Waals surface area contributed by atoms with Gasteiger partial charge in [-0.15, -0.1) is 0 Å². The van der Waals surface area contributed by atoms with Gasteiger partial charge in [-0.25, -0.2) is 0 Å². The van der Waals surface area contributed by atoms with Gasteiger partial charge in [0.25, 0.3) is 0 Å². The number of hydrogen-bond acceptors (Lipinski definition) is 1. The smallest absolute Gasteiger partial charge is 0.0712 e. The van der Waals surface area contributed by atoms with Crippen molar-refractivity contribution >= 4 is 7.85 Å². The second-order valence-electron chi connectivity index (χ2n) is 2.09. The van der Waals surface area contributed by atoms with Gasteiger partial charge < -0.3 is 5.73 Å². The van der Waals surface area contributed by atoms with Crippen molar-refractivity contribution in [3.63, 3.8) is 0 Å². The molecule has 0 heterocycles. The van der Waals surface area contributed by atoms with E-state index < -0.39 is 0 Å². The van der Waals surface area contributed by atoms with Crippen molar-refractivity contribution in [1.82, 2.24) is 0 Å². The SMILES string of the molecule is CC.[B]C/C(C)=C/C=C(/N)C=C. The minimum Gasteiger partial charge on any atom is -0.399 e. The average molecular weight is 163 g/mol. The fraction of sp³-hybridized carbons (Fsp3) is 0.400. The minimum atomic E-state index is 0.570. The summed E-state index contributed by atoms with van der Waals surface area (Å²) in [6.07, 6.45) is 5.84. The second kappa shape index (κ2) is 10.1. The summed E-state index contributed by atoms with van der Waals surface area (Å²) in [6.45, 7) is 9.46. The first-order valence-corrected chi connectivity index (χ1v) is 4.16. The normalized spacial score (nSPS) is 11.6. The molecule has 0 aliphatic rings. The Bertz CT molecular complexity index is 169. The molecule has 0 spiro atoms. The van der Waals surface area contributed by atoms with Crippen molar-refractivity contribution in [2.24, 2.45) is 5.73 Å². The first kappa shape index (κ1) is 13.7. The van der Waals surface area contributed by atoms with Crippen LogP contribution in [0, 0.1) is 0 Å². The molecule has 0 amide bonds. The Morgan fingerprint density at radius 3 is 2.25 bits per heavy atom. The van der Waals surface area contributed by atoms with Crippen LogP contribution in [0.4, 0.5) is 0 Å². The molecule has 2 radical (unpaired) electrons. The molecule has 0 aromatic rings. The summed E-state index contributed by atoms with van der Waals surface area (Å²) in [5, 5.41) is 0. The van der Waals surface area contributed by atoms with E-state index in [9.17, 15) is 0 Å². The van der Waals surface area contributed by atoms with Crippen molar-refractivity contribution in [1.29, 1.82) is 0 Å². The molecule has 0 aliphatic heterocycles. The molecule has 0 atom stereocenters. The van der Waals surface area contributed by atoms with E-state index in [0.717, 1.165) is 5.57 Å². The van der Waals surface area contributed by atoms with Gasteiger partial charge in [0.05, 0.1) is 7.85 Å². The number of hydrogen-bond donors (Lipinski definition) is 1. The standard InChI is InChI=1S/C8H12BN.C2H6/c1-3-8(10)5-4-7(2)6-9;1-2/h3-5H,1,6,10H2,2H3;1-2H3/b7-4+,8-5+;. The molecule has 0 saturated carbocycles. The van der Waals surface area contributed by atoms with E-state index in [4.69, 9.17) is 13.6 Å². The summed E-state index contributed by atoms with van der Waals surface area (Å²) < 4.78 is 0. The summed E-state index contributed by atoms with van der Waals surface area (Å²) in [5.41, 5.74) is 7.20. The topological polar surface area (TPSA) is 26.0 Å². The van der Waals surface area contributed by atoms with Crippen LogP contribution in [0.1, 0.15) is 20.8 Å². The van der Waals surface area contributed by atoms with Crippen molar-refractivity contribution in [3.8, 4) is 0 Å². The molecule has 0 bridgehead atoms. The predicted octanol–water partition coefficient (Wildman–Crippen LogP) is 2.57. The first-order valence-electron chi connectivity index (χ1n) is 4.16. The third-order valence-corrected chi connectivity index (χ3v) is 1.12. The summed E-state index contributed by atoms with van der Waals surface area (Å²) in [4.78, 5) is 0. The number of rotatable bonds is 3. The summed E-state index contributed by atoms with van der Waals surface area (Å²) >= 11 is 0. The van der Waals surface area contributed by atoms with E-state index in [0.29, 0.717) is 12.0 Å². The largest absolute Gasteiger partial charge is 0.399 e. The maximum atomic E-state index is 5.43. The quantitative estimate of drug-likeness (QED) is 0.502. The zero-order chi connectivity index (χ0) is 9.98. The molecule has 0 unspecified atom stereocenters. The van der Waals surface area contributed by atoms with E-state index >= 15 is 0 Å². The lowest BCUT2D eigenvalue weighted by Gasteiger charge is -1.91. The lowest BCUT2D eigenvalue weighted by Crippen LogP contribution is -1.90. The van der Waals surface area contributed by atoms with Gasteiger partial charge in [-0.2, -0.15) is 0 Å². The summed E-state index contributed by atoms with van der Waals surface area (Å²) in [5.74, 6) is 0. The van der Waals surface area contributed by atoms with E-state index in [-0.39, 0.29) is 0 Å². The van der Waals surface area contributed by atoms with Crippen LogP contribution >= 0.6 is 0 Å². The van der Waals surface area contributed by atoms with Gasteiger partial charge in [0.15, 0.2) is 0 Å². The molecule has 0 saturated heterocycles. The fourth-order valence-corrected chi connectivity index (χ4v) is 0.375. The Kier molecular flexibility index (Phi) is 11.5. The fourth-order valence-electron chi connectivity index (χ4n) is 0.375. The Balaban J connectivity index is 0. The molecule has 2 N–H and O–H groups in total. The maximum absolute atomic E-state index is 5.43. The third-order valence-electron chi connectivity index (χ3n) is 1.12. The van der Waals surface area contributed by atoms with Crippen LogP contribution in [-0.2, 0) is 0 Å². The van der Waals surface area contributed by atoms with Gasteiger partial charge >= 0.3 is 0 Å². The van der Waals surface area contributed by atoms with E-state index in [1.807, 2.05) is 26.8 Å². The van der Waals surface area contributed by atoms with Gasteiger partial charge in [0.2, 0.25) is 0 Å². The number of nitrogens with two attached hydrogens (primary N) is 1. The Morgan fingerprint density at radius 2 is 1.92 bits per heavy atom. The number of allylic oxidation sites excluding steroid dienone is 4. The summed E-state index contributed by atoms with van der Waals surface area (Å²) in [6, 6.07) is 0. The van der Waals surface area contributed by atoms with E-state index in [2.05, 4.69) is 6.58 Å². The van der Waals surface area contributed by atoms with Crippen molar-refractivity contribution in [3.05, 3.63) is 36.1 Å². The van der Waals surface area contributed by atoms with Crippen LogP contribution in [0.2, 0.25) is 6.32 Å². The van der Waals surface area contributed by atoms with E-state index in [1.165, 1.54) is 0 Å². The predicted molar refractivity (Wildman–Crippen MR) is 58.1 cm³/mol. The maximum Gasteiger partial charge on any atom is 0.0712 e. The zero-order valence-corrected chi connectivity index (χ0v) is 8.30. The van der Waals surface area contributed by atoms with Crippen molar-refractivity contribution in [2.75, 3.05) is 0 Å². The van der Waals surface area contributed by atoms with Crippen LogP contribution in [0.15, 0.2) is 36.1 Å². The highest BCUT2D eigenvalue weighted by Crippen LogP contribution is 1.97. The van der Waals surface area contributed by atoms with Crippen molar-refractivity contribution < 1.29 is 0 Å².